The molecule has 7 nitrogen and oxygen atoms in total. The molecule has 186 valence electrons. The lowest BCUT2D eigenvalue weighted by Crippen LogP contribution is -2.29. The molecule has 1 atom stereocenters. The van der Waals surface area contributed by atoms with Gasteiger partial charge in [-0.1, -0.05) is 17.7 Å². The molecule has 0 aromatic heterocycles. The third-order valence-electron chi connectivity index (χ3n) is 5.89. The van der Waals surface area contributed by atoms with Crippen LogP contribution in [0.5, 0.6) is 17.2 Å². The zero-order chi connectivity index (χ0) is 26.1. The first-order valence-electron chi connectivity index (χ1n) is 11.0. The maximum absolute atomic E-state index is 13.9. The number of aromatic hydroxyl groups is 1. The van der Waals surface area contributed by atoms with Crippen molar-refractivity contribution in [2.45, 2.75) is 19.9 Å². The number of rotatable bonds is 6. The molecule has 3 aromatic carbocycles. The standard InChI is InChI=1S/C27H23ClFNO6/c1-4-36-22-12-15(5-9-20(22)31)24-23(25(32)16-6-10-21(35-3)14(2)11-16)26(33)27(34)30(24)17-7-8-19(29)18(28)13-17/h5-13,24,31-32H,4H2,1-3H3/b25-23+. The fourth-order valence-corrected chi connectivity index (χ4v) is 4.38. The molecule has 0 saturated carbocycles. The number of aryl methyl sites for hydroxylation is 1. The highest BCUT2D eigenvalue weighted by molar-refractivity contribution is 6.51. The van der Waals surface area contributed by atoms with Crippen LogP contribution in [0.1, 0.15) is 29.7 Å². The van der Waals surface area contributed by atoms with Crippen molar-refractivity contribution in [1.82, 2.24) is 0 Å². The Labute approximate surface area is 212 Å². The topological polar surface area (TPSA) is 96.3 Å². The summed E-state index contributed by atoms with van der Waals surface area (Å²) in [5.74, 6) is -2.36. The van der Waals surface area contributed by atoms with E-state index in [0.29, 0.717) is 22.4 Å². The van der Waals surface area contributed by atoms with E-state index in [1.807, 2.05) is 0 Å². The van der Waals surface area contributed by atoms with Crippen LogP contribution in [0.25, 0.3) is 5.76 Å². The molecule has 1 saturated heterocycles. The van der Waals surface area contributed by atoms with Gasteiger partial charge < -0.3 is 19.7 Å². The number of halogens is 2. The number of hydrogen-bond acceptors (Lipinski definition) is 6. The molecular weight excluding hydrogens is 489 g/mol. The minimum Gasteiger partial charge on any atom is -0.507 e. The summed E-state index contributed by atoms with van der Waals surface area (Å²) in [7, 11) is 1.52. The van der Waals surface area contributed by atoms with Crippen LogP contribution in [-0.2, 0) is 9.59 Å². The Hall–Kier alpha value is -4.04. The highest BCUT2D eigenvalue weighted by Crippen LogP contribution is 2.44. The van der Waals surface area contributed by atoms with Crippen molar-refractivity contribution in [3.05, 3.63) is 87.7 Å². The second kappa shape index (κ2) is 9.91. The third kappa shape index (κ3) is 4.35. The van der Waals surface area contributed by atoms with Crippen molar-refractivity contribution in [3.8, 4) is 17.2 Å². The van der Waals surface area contributed by atoms with E-state index in [-0.39, 0.29) is 34.4 Å². The molecule has 3 aromatic rings. The third-order valence-corrected chi connectivity index (χ3v) is 6.18. The van der Waals surface area contributed by atoms with E-state index in [4.69, 9.17) is 21.1 Å². The van der Waals surface area contributed by atoms with Crippen molar-refractivity contribution in [2.24, 2.45) is 0 Å². The number of benzene rings is 3. The van der Waals surface area contributed by atoms with Gasteiger partial charge in [0, 0.05) is 11.3 Å². The quantitative estimate of drug-likeness (QED) is 0.257. The maximum atomic E-state index is 13.9. The highest BCUT2D eigenvalue weighted by atomic mass is 35.5. The number of ether oxygens (including phenoxy) is 2. The Balaban J connectivity index is 1.97. The summed E-state index contributed by atoms with van der Waals surface area (Å²) < 4.78 is 24.6. The summed E-state index contributed by atoms with van der Waals surface area (Å²) in [5.41, 5.74) is 1.36. The van der Waals surface area contributed by atoms with Gasteiger partial charge in [-0.25, -0.2) is 4.39 Å². The second-order valence-electron chi connectivity index (χ2n) is 8.11. The minimum atomic E-state index is -1.12. The molecule has 0 spiro atoms. The first-order chi connectivity index (χ1) is 17.2. The van der Waals surface area contributed by atoms with Crippen LogP contribution < -0.4 is 14.4 Å². The van der Waals surface area contributed by atoms with E-state index in [9.17, 15) is 24.2 Å². The number of methoxy groups -OCH3 is 1. The fourth-order valence-electron chi connectivity index (χ4n) is 4.20. The second-order valence-corrected chi connectivity index (χ2v) is 8.52. The average Bonchev–Trinajstić information content (AvgIpc) is 3.12. The molecule has 1 amide bonds. The lowest BCUT2D eigenvalue weighted by atomic mass is 9.94. The predicted octanol–water partition coefficient (Wildman–Crippen LogP) is 5.53. The first kappa shape index (κ1) is 25.1. The van der Waals surface area contributed by atoms with Crippen LogP contribution in [0.4, 0.5) is 10.1 Å². The zero-order valence-corrected chi connectivity index (χ0v) is 20.5. The van der Waals surface area contributed by atoms with Crippen molar-refractivity contribution in [1.29, 1.82) is 0 Å². The van der Waals surface area contributed by atoms with E-state index in [1.165, 1.54) is 37.4 Å². The van der Waals surface area contributed by atoms with Gasteiger partial charge in [-0.3, -0.25) is 14.5 Å². The van der Waals surface area contributed by atoms with E-state index >= 15 is 0 Å². The van der Waals surface area contributed by atoms with Gasteiger partial charge in [-0.15, -0.1) is 0 Å². The number of aliphatic hydroxyl groups excluding tert-OH is 1. The lowest BCUT2D eigenvalue weighted by molar-refractivity contribution is -0.132. The van der Waals surface area contributed by atoms with Gasteiger partial charge in [-0.05, 0) is 73.5 Å². The molecule has 2 N–H and O–H groups in total. The smallest absolute Gasteiger partial charge is 0.300 e. The normalized spacial score (nSPS) is 16.9. The molecule has 4 rings (SSSR count). The fraction of sp³-hybridized carbons (Fsp3) is 0.185. The van der Waals surface area contributed by atoms with Crippen LogP contribution in [-0.4, -0.2) is 35.6 Å². The highest BCUT2D eigenvalue weighted by Gasteiger charge is 2.47. The van der Waals surface area contributed by atoms with Gasteiger partial charge in [0.25, 0.3) is 11.7 Å². The van der Waals surface area contributed by atoms with Crippen molar-refractivity contribution >= 4 is 34.7 Å². The van der Waals surface area contributed by atoms with Crippen molar-refractivity contribution < 1.29 is 33.7 Å². The summed E-state index contributed by atoms with van der Waals surface area (Å²) in [6, 6.07) is 11.7. The summed E-state index contributed by atoms with van der Waals surface area (Å²) in [6.07, 6.45) is 0. The number of ketones is 1. The number of amides is 1. The van der Waals surface area contributed by atoms with E-state index in [0.717, 1.165) is 11.0 Å². The number of carbonyl (C=O) groups excluding carboxylic acids is 2. The molecule has 0 aliphatic carbocycles. The number of carbonyl (C=O) groups is 2. The molecule has 1 unspecified atom stereocenters. The SMILES string of the molecule is CCOc1cc(C2/C(=C(\O)c3ccc(OC)c(C)c3)C(=O)C(=O)N2c2ccc(F)c(Cl)c2)ccc1O. The Morgan fingerprint density at radius 1 is 1.08 bits per heavy atom. The molecule has 1 aliphatic rings. The molecule has 9 heteroatoms. The van der Waals surface area contributed by atoms with E-state index in [2.05, 4.69) is 0 Å². The van der Waals surface area contributed by atoms with Crippen LogP contribution in [0.15, 0.2) is 60.2 Å². The van der Waals surface area contributed by atoms with Crippen molar-refractivity contribution in [3.63, 3.8) is 0 Å². The number of nitrogens with zero attached hydrogens (tertiary/aromatic N) is 1. The van der Waals surface area contributed by atoms with Crippen LogP contribution in [0, 0.1) is 12.7 Å². The molecule has 1 heterocycles. The lowest BCUT2D eigenvalue weighted by Gasteiger charge is -2.26. The van der Waals surface area contributed by atoms with Gasteiger partial charge >= 0.3 is 0 Å². The number of phenols is 1. The molecule has 0 bridgehead atoms. The molecule has 1 fully saturated rings. The number of Topliss-reactive ketones (excluding diaryl/α,β-unsaturated/α-hetero) is 1. The maximum Gasteiger partial charge on any atom is 0.300 e. The van der Waals surface area contributed by atoms with Gasteiger partial charge in [0.05, 0.1) is 30.4 Å². The minimum absolute atomic E-state index is 0.131. The predicted molar refractivity (Wildman–Crippen MR) is 133 cm³/mol. The first-order valence-corrected chi connectivity index (χ1v) is 11.4. The molecule has 36 heavy (non-hydrogen) atoms. The summed E-state index contributed by atoms with van der Waals surface area (Å²) in [5, 5.41) is 21.2. The molecule has 0 radical (unpaired) electrons. The van der Waals surface area contributed by atoms with Gasteiger partial charge in [0.2, 0.25) is 0 Å². The van der Waals surface area contributed by atoms with Gasteiger partial charge in [0.15, 0.2) is 11.5 Å². The number of aliphatic hydroxyl groups is 1. The zero-order valence-electron chi connectivity index (χ0n) is 19.7. The van der Waals surface area contributed by atoms with Crippen LogP contribution in [0.3, 0.4) is 0 Å². The molecular formula is C27H23ClFNO6. The number of anilines is 1. The Morgan fingerprint density at radius 3 is 2.47 bits per heavy atom. The Morgan fingerprint density at radius 2 is 1.83 bits per heavy atom. The monoisotopic (exact) mass is 511 g/mol. The van der Waals surface area contributed by atoms with Crippen molar-refractivity contribution in [2.75, 3.05) is 18.6 Å². The molecule has 1 aliphatic heterocycles. The number of hydrogen-bond donors (Lipinski definition) is 2. The van der Waals surface area contributed by atoms with Crippen LogP contribution in [0.2, 0.25) is 5.02 Å². The van der Waals surface area contributed by atoms with Gasteiger partial charge in [-0.2, -0.15) is 0 Å². The Bertz CT molecular complexity index is 1400. The van der Waals surface area contributed by atoms with Gasteiger partial charge in [0.1, 0.15) is 17.3 Å². The summed E-state index contributed by atoms with van der Waals surface area (Å²) >= 11 is 5.97. The largest absolute Gasteiger partial charge is 0.507 e. The number of phenolic OH excluding ortho intramolecular Hbond substituents is 1. The van der Waals surface area contributed by atoms with Crippen LogP contribution >= 0.6 is 11.6 Å². The Kier molecular flexibility index (Phi) is 6.90. The summed E-state index contributed by atoms with van der Waals surface area (Å²) in [4.78, 5) is 27.7. The summed E-state index contributed by atoms with van der Waals surface area (Å²) in [6.45, 7) is 3.78. The van der Waals surface area contributed by atoms with E-state index < -0.39 is 29.3 Å². The van der Waals surface area contributed by atoms with E-state index in [1.54, 1.807) is 32.0 Å². The average molecular weight is 512 g/mol.